The summed E-state index contributed by atoms with van der Waals surface area (Å²) in [5, 5.41) is 0. The smallest absolute Gasteiger partial charge is 0.323 e. The number of carbonyl (C=O) groups excluding carboxylic acids is 1. The van der Waals surface area contributed by atoms with Gasteiger partial charge in [-0.25, -0.2) is 0 Å². The average molecular weight is 419 g/mol. The first kappa shape index (κ1) is 22.9. The van der Waals surface area contributed by atoms with Crippen LogP contribution in [0.15, 0.2) is 12.1 Å². The van der Waals surface area contributed by atoms with Crippen LogP contribution in [0.25, 0.3) is 0 Å². The second-order valence-corrected chi connectivity index (χ2v) is 9.55. The van der Waals surface area contributed by atoms with Crippen LogP contribution in [0, 0.1) is 11.8 Å². The second kappa shape index (κ2) is 9.15. The number of rotatable bonds is 7. The zero-order valence-corrected chi connectivity index (χ0v) is 19.4. The Morgan fingerprint density at radius 3 is 2.43 bits per heavy atom. The molecule has 0 bridgehead atoms. The van der Waals surface area contributed by atoms with Crippen LogP contribution in [0.2, 0.25) is 0 Å². The predicted octanol–water partition coefficient (Wildman–Crippen LogP) is 3.49. The van der Waals surface area contributed by atoms with Gasteiger partial charge in [0.05, 0.1) is 19.8 Å². The van der Waals surface area contributed by atoms with E-state index in [1.807, 2.05) is 13.8 Å². The van der Waals surface area contributed by atoms with Gasteiger partial charge in [0.1, 0.15) is 12.1 Å². The number of methoxy groups -OCH3 is 2. The minimum atomic E-state index is -0.577. The van der Waals surface area contributed by atoms with Crippen LogP contribution in [0.5, 0.6) is 11.5 Å². The molecule has 0 radical (unpaired) electrons. The van der Waals surface area contributed by atoms with E-state index in [4.69, 9.17) is 19.9 Å². The lowest BCUT2D eigenvalue weighted by atomic mass is 9.70. The standard InChI is InChI=1S/C24H38N2O4/c1-15(2)13-24-14-18(30-23(27)22(25)16(3)4)8-10-26(24)9-7-17-11-20(28-5)21(29-6)12-19(17)24/h11-12,15-16,18,22H,7-10,13-14,25H2,1-6H3. The van der Waals surface area contributed by atoms with Crippen molar-refractivity contribution >= 4 is 5.97 Å². The van der Waals surface area contributed by atoms with E-state index in [1.165, 1.54) is 11.1 Å². The predicted molar refractivity (Wildman–Crippen MR) is 118 cm³/mol. The minimum absolute atomic E-state index is 0.0642. The second-order valence-electron chi connectivity index (χ2n) is 9.55. The summed E-state index contributed by atoms with van der Waals surface area (Å²) in [6, 6.07) is 3.69. The van der Waals surface area contributed by atoms with Crippen molar-refractivity contribution < 1.29 is 19.0 Å². The molecule has 1 saturated heterocycles. The summed E-state index contributed by atoms with van der Waals surface area (Å²) in [7, 11) is 3.36. The van der Waals surface area contributed by atoms with Crippen molar-refractivity contribution in [2.45, 2.75) is 71.1 Å². The van der Waals surface area contributed by atoms with Crippen LogP contribution in [-0.4, -0.2) is 50.3 Å². The molecule has 2 aliphatic rings. The normalized spacial score (nSPS) is 24.9. The van der Waals surface area contributed by atoms with Gasteiger partial charge in [-0.2, -0.15) is 0 Å². The van der Waals surface area contributed by atoms with E-state index in [9.17, 15) is 4.79 Å². The van der Waals surface area contributed by atoms with Gasteiger partial charge < -0.3 is 19.9 Å². The molecule has 1 fully saturated rings. The van der Waals surface area contributed by atoms with Gasteiger partial charge in [0.2, 0.25) is 0 Å². The lowest BCUT2D eigenvalue weighted by molar-refractivity contribution is -0.158. The summed E-state index contributed by atoms with van der Waals surface area (Å²) in [4.78, 5) is 15.2. The highest BCUT2D eigenvalue weighted by Gasteiger charge is 2.48. The highest BCUT2D eigenvalue weighted by Crippen LogP contribution is 2.49. The molecule has 0 aromatic heterocycles. The molecule has 0 spiro atoms. The van der Waals surface area contributed by atoms with Gasteiger partial charge in [-0.15, -0.1) is 0 Å². The number of nitrogens with zero attached hydrogens (tertiary/aromatic N) is 1. The van der Waals surface area contributed by atoms with E-state index in [2.05, 4.69) is 30.9 Å². The van der Waals surface area contributed by atoms with Crippen LogP contribution in [0.4, 0.5) is 0 Å². The summed E-state index contributed by atoms with van der Waals surface area (Å²) in [6.45, 7) is 10.3. The topological polar surface area (TPSA) is 74.0 Å². The molecule has 30 heavy (non-hydrogen) atoms. The van der Waals surface area contributed by atoms with Gasteiger partial charge in [-0.05, 0) is 54.4 Å². The zero-order valence-electron chi connectivity index (χ0n) is 19.4. The van der Waals surface area contributed by atoms with Crippen LogP contribution in [0.1, 0.15) is 58.1 Å². The monoisotopic (exact) mass is 418 g/mol. The van der Waals surface area contributed by atoms with Gasteiger partial charge in [-0.3, -0.25) is 9.69 Å². The highest BCUT2D eigenvalue weighted by molar-refractivity contribution is 5.76. The Morgan fingerprint density at radius 2 is 1.83 bits per heavy atom. The van der Waals surface area contributed by atoms with Crippen molar-refractivity contribution in [3.8, 4) is 11.5 Å². The Labute approximate surface area is 181 Å². The quantitative estimate of drug-likeness (QED) is 0.683. The van der Waals surface area contributed by atoms with Crippen molar-refractivity contribution in [2.24, 2.45) is 17.6 Å². The molecular weight excluding hydrogens is 380 g/mol. The Morgan fingerprint density at radius 1 is 1.17 bits per heavy atom. The summed E-state index contributed by atoms with van der Waals surface area (Å²) in [5.74, 6) is 1.80. The number of piperidine rings is 1. The fourth-order valence-electron chi connectivity index (χ4n) is 5.16. The van der Waals surface area contributed by atoms with E-state index in [0.717, 1.165) is 50.3 Å². The molecular formula is C24H38N2O4. The number of hydrogen-bond acceptors (Lipinski definition) is 6. The highest BCUT2D eigenvalue weighted by atomic mass is 16.5. The van der Waals surface area contributed by atoms with Crippen molar-refractivity contribution in [1.82, 2.24) is 4.90 Å². The number of nitrogens with two attached hydrogens (primary N) is 1. The first-order valence-corrected chi connectivity index (χ1v) is 11.2. The van der Waals surface area contributed by atoms with Gasteiger partial charge in [-0.1, -0.05) is 27.7 Å². The number of esters is 1. The Bertz CT molecular complexity index is 764. The molecule has 6 nitrogen and oxygen atoms in total. The number of ether oxygens (including phenoxy) is 3. The third-order valence-electron chi connectivity index (χ3n) is 6.67. The third kappa shape index (κ3) is 4.30. The van der Waals surface area contributed by atoms with Crippen molar-refractivity contribution in [2.75, 3.05) is 27.3 Å². The molecule has 0 amide bonds. The summed E-state index contributed by atoms with van der Waals surface area (Å²) in [5.41, 5.74) is 8.47. The summed E-state index contributed by atoms with van der Waals surface area (Å²) in [6.07, 6.45) is 3.48. The Balaban J connectivity index is 1.98. The van der Waals surface area contributed by atoms with E-state index >= 15 is 0 Å². The summed E-state index contributed by atoms with van der Waals surface area (Å²) < 4.78 is 17.1. The first-order chi connectivity index (χ1) is 14.2. The molecule has 2 aliphatic heterocycles. The zero-order chi connectivity index (χ0) is 22.1. The molecule has 3 atom stereocenters. The molecule has 2 heterocycles. The van der Waals surface area contributed by atoms with Crippen LogP contribution >= 0.6 is 0 Å². The number of benzene rings is 1. The lowest BCUT2D eigenvalue weighted by Crippen LogP contribution is -2.57. The molecule has 1 aromatic carbocycles. The van der Waals surface area contributed by atoms with Gasteiger partial charge >= 0.3 is 5.97 Å². The average Bonchev–Trinajstić information content (AvgIpc) is 2.71. The molecule has 1 aromatic rings. The molecule has 3 rings (SSSR count). The van der Waals surface area contributed by atoms with Crippen molar-refractivity contribution in [1.29, 1.82) is 0 Å². The van der Waals surface area contributed by atoms with Crippen molar-refractivity contribution in [3.05, 3.63) is 23.3 Å². The van der Waals surface area contributed by atoms with Crippen LogP contribution in [-0.2, 0) is 21.5 Å². The third-order valence-corrected chi connectivity index (χ3v) is 6.67. The molecule has 0 aliphatic carbocycles. The lowest BCUT2D eigenvalue weighted by Gasteiger charge is -2.54. The maximum absolute atomic E-state index is 12.6. The van der Waals surface area contributed by atoms with E-state index in [0.29, 0.717) is 5.92 Å². The van der Waals surface area contributed by atoms with E-state index in [-0.39, 0.29) is 23.5 Å². The molecule has 0 saturated carbocycles. The first-order valence-electron chi connectivity index (χ1n) is 11.2. The Hall–Kier alpha value is -1.79. The molecule has 2 N–H and O–H groups in total. The van der Waals surface area contributed by atoms with Gasteiger partial charge in [0, 0.05) is 19.5 Å². The van der Waals surface area contributed by atoms with Crippen LogP contribution in [0.3, 0.4) is 0 Å². The molecule has 168 valence electrons. The number of hydrogen-bond donors (Lipinski definition) is 1. The fraction of sp³-hybridized carbons (Fsp3) is 0.708. The van der Waals surface area contributed by atoms with E-state index < -0.39 is 6.04 Å². The van der Waals surface area contributed by atoms with Crippen molar-refractivity contribution in [3.63, 3.8) is 0 Å². The summed E-state index contributed by atoms with van der Waals surface area (Å²) >= 11 is 0. The van der Waals surface area contributed by atoms with Crippen LogP contribution < -0.4 is 15.2 Å². The fourth-order valence-corrected chi connectivity index (χ4v) is 5.16. The number of fused-ring (bicyclic) bond motifs is 3. The molecule has 6 heteroatoms. The molecule has 3 unspecified atom stereocenters. The van der Waals surface area contributed by atoms with Gasteiger partial charge in [0.15, 0.2) is 11.5 Å². The minimum Gasteiger partial charge on any atom is -0.493 e. The Kier molecular flexibility index (Phi) is 6.98. The number of carbonyl (C=O) groups is 1. The van der Waals surface area contributed by atoms with Gasteiger partial charge in [0.25, 0.3) is 0 Å². The van der Waals surface area contributed by atoms with E-state index in [1.54, 1.807) is 14.2 Å². The largest absolute Gasteiger partial charge is 0.493 e. The SMILES string of the molecule is COc1cc2c(cc1OC)C1(CC(C)C)CC(OC(=O)C(N)C(C)C)CCN1CC2. The maximum Gasteiger partial charge on any atom is 0.323 e. The maximum atomic E-state index is 12.6.